The van der Waals surface area contributed by atoms with Crippen molar-refractivity contribution in [3.05, 3.63) is 142 Å². The highest BCUT2D eigenvalue weighted by Gasteiger charge is 2.44. The van der Waals surface area contributed by atoms with Gasteiger partial charge in [0.05, 0.1) is 0 Å². The van der Waals surface area contributed by atoms with Crippen LogP contribution < -0.4 is 46.0 Å². The molecule has 0 aliphatic carbocycles. The molecule has 3 nitrogen and oxygen atoms in total. The van der Waals surface area contributed by atoms with Crippen molar-refractivity contribution in [1.29, 1.82) is 0 Å². The van der Waals surface area contributed by atoms with Gasteiger partial charge in [-0.1, -0.05) is 213 Å². The number of ether oxygens (including phenoxy) is 3. The number of hydrogen-bond donors (Lipinski definition) is 0. The molecule has 5 heteroatoms. The molecular formula is C75H100O3P2. The molecule has 0 saturated heterocycles. The summed E-state index contributed by atoms with van der Waals surface area (Å²) in [7, 11) is -2.34. The minimum Gasteiger partial charge on any atom is -0.456 e. The van der Waals surface area contributed by atoms with Gasteiger partial charge in [-0.3, -0.25) is 0 Å². The molecule has 3 aliphatic heterocycles. The van der Waals surface area contributed by atoms with E-state index in [4.69, 9.17) is 14.2 Å². The topological polar surface area (TPSA) is 27.7 Å². The molecule has 3 heterocycles. The van der Waals surface area contributed by atoms with E-state index in [1.165, 1.54) is 76.3 Å². The first kappa shape index (κ1) is 60.2. The third kappa shape index (κ3) is 12.6. The summed E-state index contributed by atoms with van der Waals surface area (Å²) in [5.41, 5.74) is 11.3. The molecule has 0 bridgehead atoms. The van der Waals surface area contributed by atoms with E-state index in [1.807, 2.05) is 0 Å². The Morgan fingerprint density at radius 1 is 0.300 bits per heavy atom. The zero-order chi connectivity index (χ0) is 58.1. The second kappa shape index (κ2) is 22.3. The molecule has 6 aromatic carbocycles. The van der Waals surface area contributed by atoms with Crippen LogP contribution in [0.4, 0.5) is 0 Å². The Morgan fingerprint density at radius 2 is 0.525 bits per heavy atom. The molecule has 428 valence electrons. The number of rotatable bonds is 20. The Kier molecular flexibility index (Phi) is 16.8. The van der Waals surface area contributed by atoms with Gasteiger partial charge >= 0.3 is 0 Å². The summed E-state index contributed by atoms with van der Waals surface area (Å²) in [5.74, 6) is 5.95. The zero-order valence-corrected chi connectivity index (χ0v) is 55.1. The lowest BCUT2D eigenvalue weighted by atomic mass is 9.73. The molecule has 0 radical (unpaired) electrons. The Balaban J connectivity index is 1.37. The predicted molar refractivity (Wildman–Crippen MR) is 349 cm³/mol. The summed E-state index contributed by atoms with van der Waals surface area (Å²) in [6.45, 7) is 48.1. The highest BCUT2D eigenvalue weighted by atomic mass is 31.1. The van der Waals surface area contributed by atoms with E-state index in [1.54, 1.807) is 0 Å². The van der Waals surface area contributed by atoms with Gasteiger partial charge in [0.1, 0.15) is 34.5 Å². The third-order valence-electron chi connectivity index (χ3n) is 19.6. The fourth-order valence-corrected chi connectivity index (χ4v) is 17.5. The van der Waals surface area contributed by atoms with Gasteiger partial charge < -0.3 is 14.2 Å². The SMILES string of the molecule is CCC(C)(C)Cc1ccc2c(c1)P(c1cc(CC(C)(C)CC)cc3c1Oc1c(P4c5cc(CC(C)(C)CC)ccc5Oc5ccc(CC(C)(C)CC)cc54)cc(CC(C)(C)CC)cc1C3(C)C)c1cc(CC(C)(C)CC)ccc1O2. The van der Waals surface area contributed by atoms with E-state index in [0.29, 0.717) is 0 Å². The van der Waals surface area contributed by atoms with E-state index in [0.717, 1.165) is 112 Å². The molecule has 9 rings (SSSR count). The van der Waals surface area contributed by atoms with Gasteiger partial charge in [0.15, 0.2) is 0 Å². The lowest BCUT2D eigenvalue weighted by Gasteiger charge is -2.41. The molecule has 0 spiro atoms. The number of hydrogen-bond acceptors (Lipinski definition) is 3. The smallest absolute Gasteiger partial charge is 0.139 e. The fraction of sp³-hybridized carbons (Fsp3) is 0.520. The maximum absolute atomic E-state index is 8.23. The Bertz CT molecular complexity index is 2920. The fourth-order valence-electron chi connectivity index (χ4n) is 12.1. The average Bonchev–Trinajstić information content (AvgIpc) is 3.51. The highest BCUT2D eigenvalue weighted by Crippen LogP contribution is 2.57. The first-order chi connectivity index (χ1) is 37.4. The second-order valence-corrected chi connectivity index (χ2v) is 34.2. The lowest BCUT2D eigenvalue weighted by molar-refractivity contribution is 0.347. The molecule has 80 heavy (non-hydrogen) atoms. The maximum atomic E-state index is 8.23. The van der Waals surface area contributed by atoms with Crippen LogP contribution in [0.2, 0.25) is 0 Å². The van der Waals surface area contributed by atoms with Crippen molar-refractivity contribution in [2.45, 2.75) is 221 Å². The van der Waals surface area contributed by atoms with Crippen molar-refractivity contribution in [2.24, 2.45) is 32.5 Å². The van der Waals surface area contributed by atoms with E-state index in [-0.39, 0.29) is 32.5 Å². The van der Waals surface area contributed by atoms with Crippen LogP contribution in [0, 0.1) is 32.5 Å². The van der Waals surface area contributed by atoms with Crippen LogP contribution in [0.25, 0.3) is 0 Å². The standard InChI is InChI=1S/C75H100O3P2/c1-21-69(7,8)43-49-27-31-57-61(37-49)79(62-38-50(28-32-58(62)76-57)44-70(9,10)22-2)65-41-53(47-73(15,16)25-5)35-55-67(65)78-68-56(75(55,19)20)36-54(48-74(17,18)26-6)42-66(68)80-63-39-51(45-71(11,12)23-3)29-33-59(63)77-60-34-30-52(40-64(60)80)46-72(13,14)24-4/h27-42H,21-26,43-48H2,1-20H3. The van der Waals surface area contributed by atoms with Crippen LogP contribution in [-0.2, 0) is 43.9 Å². The van der Waals surface area contributed by atoms with Crippen LogP contribution in [0.5, 0.6) is 34.5 Å². The van der Waals surface area contributed by atoms with Gasteiger partial charge in [-0.15, -0.1) is 0 Å². The third-order valence-corrected chi connectivity index (χ3v) is 24.6. The normalized spacial score (nSPS) is 15.4. The number of fused-ring (bicyclic) bond motifs is 6. The molecule has 0 fully saturated rings. The molecule has 0 N–H and O–H groups in total. The van der Waals surface area contributed by atoms with Crippen LogP contribution in [0.3, 0.4) is 0 Å². The molecular weight excluding hydrogens is 1010 g/mol. The summed E-state index contributed by atoms with van der Waals surface area (Å²) in [6, 6.07) is 38.9. The monoisotopic (exact) mass is 1110 g/mol. The van der Waals surface area contributed by atoms with E-state index in [2.05, 4.69) is 236 Å². The second-order valence-electron chi connectivity index (χ2n) is 30.0. The highest BCUT2D eigenvalue weighted by molar-refractivity contribution is 7.81. The largest absolute Gasteiger partial charge is 0.456 e. The first-order valence-electron chi connectivity index (χ1n) is 30.9. The average molecular weight is 1110 g/mol. The lowest BCUT2D eigenvalue weighted by Crippen LogP contribution is -2.36. The van der Waals surface area contributed by atoms with Crippen molar-refractivity contribution in [2.75, 3.05) is 0 Å². The molecule has 0 aromatic heterocycles. The Labute approximate surface area is 488 Å². The van der Waals surface area contributed by atoms with Crippen LogP contribution in [0.15, 0.2) is 97.1 Å². The van der Waals surface area contributed by atoms with Gasteiger partial charge in [-0.25, -0.2) is 0 Å². The van der Waals surface area contributed by atoms with E-state index >= 15 is 0 Å². The minimum absolute atomic E-state index is 0.106. The van der Waals surface area contributed by atoms with Crippen LogP contribution >= 0.6 is 15.8 Å². The van der Waals surface area contributed by atoms with Gasteiger partial charge in [-0.05, 0) is 181 Å². The summed E-state index contributed by atoms with van der Waals surface area (Å²) in [6.07, 6.45) is 12.6. The summed E-state index contributed by atoms with van der Waals surface area (Å²) < 4.78 is 22.4. The first-order valence-corrected chi connectivity index (χ1v) is 33.6. The summed E-state index contributed by atoms with van der Waals surface area (Å²) >= 11 is 0. The van der Waals surface area contributed by atoms with Crippen molar-refractivity contribution in [3.8, 4) is 34.5 Å². The van der Waals surface area contributed by atoms with Crippen molar-refractivity contribution in [3.63, 3.8) is 0 Å². The maximum Gasteiger partial charge on any atom is 0.139 e. The van der Waals surface area contributed by atoms with Gasteiger partial charge in [-0.2, -0.15) is 0 Å². The summed E-state index contributed by atoms with van der Waals surface area (Å²) in [4.78, 5) is 0. The van der Waals surface area contributed by atoms with Crippen LogP contribution in [0.1, 0.15) is 222 Å². The molecule has 6 aromatic rings. The van der Waals surface area contributed by atoms with Gasteiger partial charge in [0.2, 0.25) is 0 Å². The predicted octanol–water partition coefficient (Wildman–Crippen LogP) is 19.7. The van der Waals surface area contributed by atoms with Crippen LogP contribution in [-0.4, -0.2) is 0 Å². The van der Waals surface area contributed by atoms with Gasteiger partial charge in [0.25, 0.3) is 0 Å². The van der Waals surface area contributed by atoms with E-state index in [9.17, 15) is 0 Å². The van der Waals surface area contributed by atoms with Crippen molar-refractivity contribution in [1.82, 2.24) is 0 Å². The Morgan fingerprint density at radius 3 is 0.762 bits per heavy atom. The molecule has 0 saturated carbocycles. The molecule has 0 atom stereocenters. The minimum atomic E-state index is -1.17. The Hall–Kier alpha value is -4.42. The van der Waals surface area contributed by atoms with E-state index < -0.39 is 21.3 Å². The number of benzene rings is 6. The van der Waals surface area contributed by atoms with Crippen molar-refractivity contribution >= 4 is 47.7 Å². The molecule has 3 aliphatic rings. The molecule has 0 unspecified atom stereocenters. The summed E-state index contributed by atoms with van der Waals surface area (Å²) in [5, 5.41) is 7.79. The zero-order valence-electron chi connectivity index (χ0n) is 53.3. The molecule has 0 amide bonds. The van der Waals surface area contributed by atoms with Gasteiger partial charge in [0, 0.05) is 48.4 Å². The quantitative estimate of drug-likeness (QED) is 0.0712. The van der Waals surface area contributed by atoms with Crippen molar-refractivity contribution < 1.29 is 14.2 Å².